The molecule has 4 heteroatoms. The van der Waals surface area contributed by atoms with Crippen molar-refractivity contribution >= 4 is 46.4 Å². The molecule has 0 heterocycles. The quantitative estimate of drug-likeness (QED) is 0.530. The zero-order chi connectivity index (χ0) is 13.7. The van der Waals surface area contributed by atoms with Crippen LogP contribution in [0.1, 0.15) is 13.8 Å². The summed E-state index contributed by atoms with van der Waals surface area (Å²) in [5.41, 5.74) is 1.68. The molecule has 0 saturated carbocycles. The average Bonchev–Trinajstić information content (AvgIpc) is 2.33. The third-order valence-corrected chi connectivity index (χ3v) is 3.25. The molecular weight excluding hydrogens is 310 g/mol. The van der Waals surface area contributed by atoms with E-state index in [1.165, 1.54) is 0 Å². The minimum Gasteiger partial charge on any atom is -0.0843 e. The SMILES string of the molecule is CC.Clc1ccc(-c2ccc(Cl)cc2Cl)c(Cl)c1. The van der Waals surface area contributed by atoms with Gasteiger partial charge in [-0.2, -0.15) is 0 Å². The number of halogens is 4. The maximum atomic E-state index is 6.10. The molecule has 0 amide bonds. The second kappa shape index (κ2) is 7.25. The van der Waals surface area contributed by atoms with Gasteiger partial charge in [-0.05, 0) is 24.3 Å². The molecule has 0 saturated heterocycles. The third-order valence-electron chi connectivity index (χ3n) is 2.15. The summed E-state index contributed by atoms with van der Waals surface area (Å²) < 4.78 is 0. The van der Waals surface area contributed by atoms with E-state index in [4.69, 9.17) is 46.4 Å². The van der Waals surface area contributed by atoms with Crippen LogP contribution in [-0.4, -0.2) is 0 Å². The van der Waals surface area contributed by atoms with E-state index in [0.717, 1.165) is 11.1 Å². The van der Waals surface area contributed by atoms with Crippen molar-refractivity contribution in [1.82, 2.24) is 0 Å². The summed E-state index contributed by atoms with van der Waals surface area (Å²) in [7, 11) is 0. The van der Waals surface area contributed by atoms with Gasteiger partial charge in [0.15, 0.2) is 0 Å². The largest absolute Gasteiger partial charge is 0.0843 e. The standard InChI is InChI=1S/C12H6Cl4.C2H6/c13-7-1-3-9(11(15)5-7)10-4-2-8(14)6-12(10)16;1-2/h1-6H;1-2H3. The summed E-state index contributed by atoms with van der Waals surface area (Å²) in [4.78, 5) is 0. The van der Waals surface area contributed by atoms with Crippen LogP contribution in [0, 0.1) is 0 Å². The first kappa shape index (κ1) is 15.7. The van der Waals surface area contributed by atoms with E-state index in [2.05, 4.69) is 0 Å². The van der Waals surface area contributed by atoms with Crippen molar-refractivity contribution in [2.45, 2.75) is 13.8 Å². The Balaban J connectivity index is 0.000000771. The minimum absolute atomic E-state index is 0.566. The predicted molar refractivity (Wildman–Crippen MR) is 83.3 cm³/mol. The molecule has 2 aromatic carbocycles. The highest BCUT2D eigenvalue weighted by Gasteiger charge is 2.08. The lowest BCUT2D eigenvalue weighted by molar-refractivity contribution is 1.50. The Labute approximate surface area is 127 Å². The molecule has 0 atom stereocenters. The van der Waals surface area contributed by atoms with E-state index in [0.29, 0.717) is 20.1 Å². The fraction of sp³-hybridized carbons (Fsp3) is 0.143. The maximum Gasteiger partial charge on any atom is 0.0499 e. The molecule has 2 aromatic rings. The van der Waals surface area contributed by atoms with Crippen LogP contribution in [-0.2, 0) is 0 Å². The van der Waals surface area contributed by atoms with Crippen LogP contribution in [0.4, 0.5) is 0 Å². The van der Waals surface area contributed by atoms with Gasteiger partial charge in [-0.3, -0.25) is 0 Å². The Morgan fingerprint density at radius 3 is 1.22 bits per heavy atom. The number of rotatable bonds is 1. The summed E-state index contributed by atoms with van der Waals surface area (Å²) in [6.07, 6.45) is 0. The maximum absolute atomic E-state index is 6.10. The molecule has 0 radical (unpaired) electrons. The van der Waals surface area contributed by atoms with Gasteiger partial charge in [0.25, 0.3) is 0 Å². The zero-order valence-electron chi connectivity index (χ0n) is 9.98. The van der Waals surface area contributed by atoms with E-state index in [1.54, 1.807) is 24.3 Å². The first-order valence-corrected chi connectivity index (χ1v) is 6.99. The molecule has 0 unspecified atom stereocenters. The predicted octanol–water partition coefficient (Wildman–Crippen LogP) is 6.99. The van der Waals surface area contributed by atoms with Crippen molar-refractivity contribution in [1.29, 1.82) is 0 Å². The second-order valence-corrected chi connectivity index (χ2v) is 4.94. The fourth-order valence-corrected chi connectivity index (χ4v) is 2.44. The summed E-state index contributed by atoms with van der Waals surface area (Å²) in [5.74, 6) is 0. The average molecular weight is 322 g/mol. The Morgan fingerprint density at radius 1 is 0.611 bits per heavy atom. The summed E-state index contributed by atoms with van der Waals surface area (Å²) in [5, 5.41) is 2.33. The minimum atomic E-state index is 0.566. The van der Waals surface area contributed by atoms with Gasteiger partial charge < -0.3 is 0 Å². The molecule has 0 aliphatic carbocycles. The van der Waals surface area contributed by atoms with Crippen molar-refractivity contribution < 1.29 is 0 Å². The van der Waals surface area contributed by atoms with Gasteiger partial charge in [0.1, 0.15) is 0 Å². The zero-order valence-corrected chi connectivity index (χ0v) is 13.0. The highest BCUT2D eigenvalue weighted by Crippen LogP contribution is 2.35. The van der Waals surface area contributed by atoms with Gasteiger partial charge in [0.05, 0.1) is 0 Å². The van der Waals surface area contributed by atoms with E-state index in [9.17, 15) is 0 Å². The summed E-state index contributed by atoms with van der Waals surface area (Å²) in [6, 6.07) is 10.6. The van der Waals surface area contributed by atoms with Crippen LogP contribution in [0.3, 0.4) is 0 Å². The van der Waals surface area contributed by atoms with Crippen LogP contribution >= 0.6 is 46.4 Å². The normalized spacial score (nSPS) is 9.67. The molecule has 0 aromatic heterocycles. The lowest BCUT2D eigenvalue weighted by atomic mass is 10.1. The molecule has 2 rings (SSSR count). The van der Waals surface area contributed by atoms with Gasteiger partial charge in [-0.1, -0.05) is 72.4 Å². The molecular formula is C14H12Cl4. The topological polar surface area (TPSA) is 0 Å². The molecule has 0 bridgehead atoms. The molecule has 96 valence electrons. The van der Waals surface area contributed by atoms with Gasteiger partial charge in [0, 0.05) is 31.2 Å². The Kier molecular flexibility index (Phi) is 6.31. The van der Waals surface area contributed by atoms with Gasteiger partial charge in [0.2, 0.25) is 0 Å². The van der Waals surface area contributed by atoms with Crippen LogP contribution in [0.5, 0.6) is 0 Å². The van der Waals surface area contributed by atoms with Gasteiger partial charge in [-0.15, -0.1) is 0 Å². The molecule has 18 heavy (non-hydrogen) atoms. The molecule has 0 spiro atoms. The number of benzene rings is 2. The third kappa shape index (κ3) is 3.80. The number of hydrogen-bond donors (Lipinski definition) is 0. The lowest BCUT2D eigenvalue weighted by Crippen LogP contribution is -1.81. The lowest BCUT2D eigenvalue weighted by Gasteiger charge is -2.07. The Hall–Kier alpha value is -0.400. The van der Waals surface area contributed by atoms with Gasteiger partial charge in [-0.25, -0.2) is 0 Å². The smallest absolute Gasteiger partial charge is 0.0499 e. The van der Waals surface area contributed by atoms with Crippen LogP contribution in [0.25, 0.3) is 11.1 Å². The van der Waals surface area contributed by atoms with E-state index in [-0.39, 0.29) is 0 Å². The second-order valence-electron chi connectivity index (χ2n) is 3.25. The van der Waals surface area contributed by atoms with Crippen LogP contribution in [0.2, 0.25) is 20.1 Å². The first-order chi connectivity index (χ1) is 8.58. The molecule has 0 N–H and O–H groups in total. The van der Waals surface area contributed by atoms with E-state index < -0.39 is 0 Å². The van der Waals surface area contributed by atoms with Gasteiger partial charge >= 0.3 is 0 Å². The van der Waals surface area contributed by atoms with Crippen molar-refractivity contribution in [3.63, 3.8) is 0 Å². The van der Waals surface area contributed by atoms with E-state index in [1.807, 2.05) is 26.0 Å². The fourth-order valence-electron chi connectivity index (χ4n) is 1.42. The monoisotopic (exact) mass is 320 g/mol. The molecule has 0 fully saturated rings. The Bertz CT molecular complexity index is 486. The summed E-state index contributed by atoms with van der Waals surface area (Å²) in [6.45, 7) is 4.00. The molecule has 0 aliphatic rings. The van der Waals surface area contributed by atoms with Crippen LogP contribution in [0.15, 0.2) is 36.4 Å². The molecule has 0 aliphatic heterocycles. The van der Waals surface area contributed by atoms with Crippen molar-refractivity contribution in [3.8, 4) is 11.1 Å². The van der Waals surface area contributed by atoms with Crippen molar-refractivity contribution in [2.24, 2.45) is 0 Å². The first-order valence-electron chi connectivity index (χ1n) is 5.48. The highest BCUT2D eigenvalue weighted by atomic mass is 35.5. The van der Waals surface area contributed by atoms with Crippen LogP contribution < -0.4 is 0 Å². The summed E-state index contributed by atoms with van der Waals surface area (Å²) >= 11 is 23.9. The van der Waals surface area contributed by atoms with Crippen molar-refractivity contribution in [2.75, 3.05) is 0 Å². The molecule has 0 nitrogen and oxygen atoms in total. The Morgan fingerprint density at radius 2 is 0.944 bits per heavy atom. The van der Waals surface area contributed by atoms with Crippen molar-refractivity contribution in [3.05, 3.63) is 56.5 Å². The number of hydrogen-bond acceptors (Lipinski definition) is 0. The van der Waals surface area contributed by atoms with E-state index >= 15 is 0 Å². The highest BCUT2D eigenvalue weighted by molar-refractivity contribution is 6.39.